The average molecular weight is 271 g/mol. The Bertz CT molecular complexity index is 357. The number of rotatable bonds is 4. The highest BCUT2D eigenvalue weighted by Gasteiger charge is 2.26. The number of carboxylic acids is 1. The minimum atomic E-state index is -0.938. The van der Waals surface area contributed by atoms with Crippen molar-refractivity contribution in [1.29, 1.82) is 0 Å². The second-order valence-electron chi connectivity index (χ2n) is 4.84. The molecule has 1 rings (SSSR count). The lowest BCUT2D eigenvalue weighted by molar-refractivity contribution is -0.137. The molecular weight excluding hydrogens is 250 g/mol. The molecule has 19 heavy (non-hydrogen) atoms. The molecule has 1 aliphatic rings. The molecule has 0 unspecified atom stereocenters. The van der Waals surface area contributed by atoms with Gasteiger partial charge in [-0.2, -0.15) is 0 Å². The van der Waals surface area contributed by atoms with Gasteiger partial charge in [-0.25, -0.2) is 4.79 Å². The van der Waals surface area contributed by atoms with E-state index in [2.05, 4.69) is 5.32 Å². The summed E-state index contributed by atoms with van der Waals surface area (Å²) in [6.07, 6.45) is 0.617. The molecule has 0 saturated carbocycles. The maximum atomic E-state index is 12.3. The molecule has 7 heteroatoms. The van der Waals surface area contributed by atoms with Crippen LogP contribution in [0.15, 0.2) is 0 Å². The number of nitrogens with one attached hydrogen (secondary N) is 1. The Hall–Kier alpha value is -1.79. The van der Waals surface area contributed by atoms with Crippen molar-refractivity contribution in [3.8, 4) is 0 Å². The highest BCUT2D eigenvalue weighted by molar-refractivity contribution is 5.84. The molecule has 3 amide bonds. The van der Waals surface area contributed by atoms with Crippen molar-refractivity contribution >= 4 is 17.9 Å². The molecular formula is C12H21N3O4. The molecule has 1 aliphatic heterocycles. The molecule has 0 radical (unpaired) electrons. The normalized spacial score (nSPS) is 15.9. The Labute approximate surface area is 112 Å². The lowest BCUT2D eigenvalue weighted by atomic mass is 10.3. The highest BCUT2D eigenvalue weighted by Crippen LogP contribution is 2.08. The molecule has 1 saturated heterocycles. The first-order chi connectivity index (χ1) is 8.91. The summed E-state index contributed by atoms with van der Waals surface area (Å²) in [4.78, 5) is 37.4. The first kappa shape index (κ1) is 15.3. The third-order valence-corrected chi connectivity index (χ3v) is 2.97. The Morgan fingerprint density at radius 2 is 2.16 bits per heavy atom. The second kappa shape index (κ2) is 6.96. The van der Waals surface area contributed by atoms with Gasteiger partial charge in [-0.1, -0.05) is 0 Å². The van der Waals surface area contributed by atoms with Crippen LogP contribution in [0.25, 0.3) is 0 Å². The van der Waals surface area contributed by atoms with Gasteiger partial charge in [0.25, 0.3) is 0 Å². The van der Waals surface area contributed by atoms with Gasteiger partial charge in [0.2, 0.25) is 5.91 Å². The van der Waals surface area contributed by atoms with Gasteiger partial charge < -0.3 is 20.2 Å². The molecule has 0 bridgehead atoms. The van der Waals surface area contributed by atoms with Crippen molar-refractivity contribution in [3.63, 3.8) is 0 Å². The third kappa shape index (κ3) is 4.76. The van der Waals surface area contributed by atoms with Crippen LogP contribution in [0.2, 0.25) is 0 Å². The Morgan fingerprint density at radius 3 is 2.74 bits per heavy atom. The summed E-state index contributed by atoms with van der Waals surface area (Å²) in [6.45, 7) is 4.93. The van der Waals surface area contributed by atoms with E-state index >= 15 is 0 Å². The number of nitrogens with zero attached hydrogens (tertiary/aromatic N) is 2. The first-order valence-electron chi connectivity index (χ1n) is 6.46. The zero-order valence-electron chi connectivity index (χ0n) is 11.4. The predicted octanol–water partition coefficient (Wildman–Crippen LogP) is 0.113. The van der Waals surface area contributed by atoms with Gasteiger partial charge in [0, 0.05) is 25.7 Å². The van der Waals surface area contributed by atoms with E-state index in [1.165, 1.54) is 9.80 Å². The summed E-state index contributed by atoms with van der Waals surface area (Å²) in [7, 11) is 0. The van der Waals surface area contributed by atoms with Gasteiger partial charge in [0.15, 0.2) is 0 Å². The van der Waals surface area contributed by atoms with Crippen molar-refractivity contribution in [2.75, 3.05) is 26.2 Å². The number of aliphatic carboxylic acids is 1. The lowest BCUT2D eigenvalue weighted by Gasteiger charge is -2.31. The largest absolute Gasteiger partial charge is 0.481 e. The molecule has 1 heterocycles. The van der Waals surface area contributed by atoms with E-state index in [1.807, 2.05) is 13.8 Å². The van der Waals surface area contributed by atoms with Crippen molar-refractivity contribution in [1.82, 2.24) is 15.1 Å². The molecule has 2 N–H and O–H groups in total. The van der Waals surface area contributed by atoms with Crippen molar-refractivity contribution in [2.24, 2.45) is 0 Å². The van der Waals surface area contributed by atoms with E-state index in [9.17, 15) is 14.4 Å². The van der Waals surface area contributed by atoms with Crippen LogP contribution in [0, 0.1) is 0 Å². The van der Waals surface area contributed by atoms with E-state index in [0.29, 0.717) is 19.5 Å². The quantitative estimate of drug-likeness (QED) is 0.759. The van der Waals surface area contributed by atoms with Crippen LogP contribution in [-0.4, -0.2) is 65.0 Å². The zero-order valence-corrected chi connectivity index (χ0v) is 11.4. The smallest absolute Gasteiger partial charge is 0.320 e. The van der Waals surface area contributed by atoms with E-state index < -0.39 is 5.97 Å². The topological polar surface area (TPSA) is 90.0 Å². The number of carboxylic acid groups (broad SMARTS) is 1. The van der Waals surface area contributed by atoms with Crippen LogP contribution in [0.4, 0.5) is 4.79 Å². The van der Waals surface area contributed by atoms with E-state index in [1.54, 1.807) is 0 Å². The lowest BCUT2D eigenvalue weighted by Crippen LogP contribution is -2.49. The summed E-state index contributed by atoms with van der Waals surface area (Å²) in [5, 5.41) is 11.4. The zero-order chi connectivity index (χ0) is 14.4. The second-order valence-corrected chi connectivity index (χ2v) is 4.84. The molecule has 108 valence electrons. The number of hydrogen-bond acceptors (Lipinski definition) is 3. The highest BCUT2D eigenvalue weighted by atomic mass is 16.4. The van der Waals surface area contributed by atoms with Gasteiger partial charge in [0.05, 0.1) is 6.42 Å². The number of carbonyl (C=O) groups is 3. The molecule has 0 aromatic carbocycles. The average Bonchev–Trinajstić information content (AvgIpc) is 2.53. The van der Waals surface area contributed by atoms with Gasteiger partial charge >= 0.3 is 12.0 Å². The monoisotopic (exact) mass is 271 g/mol. The minimum absolute atomic E-state index is 0.0368. The van der Waals surface area contributed by atoms with Crippen molar-refractivity contribution < 1.29 is 19.5 Å². The summed E-state index contributed by atoms with van der Waals surface area (Å²) in [6, 6.07) is -0.369. The molecule has 7 nitrogen and oxygen atoms in total. The Morgan fingerprint density at radius 1 is 1.47 bits per heavy atom. The number of amides is 3. The molecule has 0 atom stereocenters. The molecule has 0 spiro atoms. The van der Waals surface area contributed by atoms with Crippen molar-refractivity contribution in [2.45, 2.75) is 32.7 Å². The van der Waals surface area contributed by atoms with E-state index in [4.69, 9.17) is 5.11 Å². The fourth-order valence-electron chi connectivity index (χ4n) is 1.94. The fourth-order valence-corrected chi connectivity index (χ4v) is 1.94. The third-order valence-electron chi connectivity index (χ3n) is 2.97. The number of carbonyl (C=O) groups excluding carboxylic acids is 2. The van der Waals surface area contributed by atoms with Gasteiger partial charge in [-0.05, 0) is 20.3 Å². The van der Waals surface area contributed by atoms with Crippen LogP contribution in [0.1, 0.15) is 26.7 Å². The van der Waals surface area contributed by atoms with Gasteiger partial charge in [-0.15, -0.1) is 0 Å². The van der Waals surface area contributed by atoms with E-state index in [0.717, 1.165) is 0 Å². The van der Waals surface area contributed by atoms with Crippen LogP contribution in [0.3, 0.4) is 0 Å². The molecule has 0 aliphatic carbocycles. The van der Waals surface area contributed by atoms with Crippen LogP contribution < -0.4 is 5.32 Å². The van der Waals surface area contributed by atoms with Gasteiger partial charge in [0.1, 0.15) is 6.54 Å². The maximum Gasteiger partial charge on any atom is 0.320 e. The number of urea groups is 1. The Balaban J connectivity index is 2.68. The minimum Gasteiger partial charge on any atom is -0.481 e. The van der Waals surface area contributed by atoms with Crippen LogP contribution in [-0.2, 0) is 9.59 Å². The Kier molecular flexibility index (Phi) is 5.59. The van der Waals surface area contributed by atoms with Crippen LogP contribution in [0.5, 0.6) is 0 Å². The SMILES string of the molecule is CC(C)N(CCC(=O)O)C(=O)N1CCCNC(=O)C1. The first-order valence-corrected chi connectivity index (χ1v) is 6.46. The predicted molar refractivity (Wildman–Crippen MR) is 68.7 cm³/mol. The van der Waals surface area contributed by atoms with Crippen LogP contribution >= 0.6 is 0 Å². The summed E-state index contributed by atoms with van der Waals surface area (Å²) < 4.78 is 0. The standard InChI is InChI=1S/C12H21N3O4/c1-9(2)15(7-4-11(17)18)12(19)14-6-3-5-13-10(16)8-14/h9H,3-8H2,1-2H3,(H,13,16)(H,17,18). The molecule has 0 aromatic heterocycles. The number of hydrogen-bond donors (Lipinski definition) is 2. The molecule has 1 fully saturated rings. The summed E-state index contributed by atoms with van der Waals surface area (Å²) in [5.74, 6) is -1.11. The summed E-state index contributed by atoms with van der Waals surface area (Å²) >= 11 is 0. The fraction of sp³-hybridized carbons (Fsp3) is 0.750. The van der Waals surface area contributed by atoms with Crippen molar-refractivity contribution in [3.05, 3.63) is 0 Å². The maximum absolute atomic E-state index is 12.3. The van der Waals surface area contributed by atoms with Gasteiger partial charge in [-0.3, -0.25) is 9.59 Å². The van der Waals surface area contributed by atoms with E-state index in [-0.39, 0.29) is 37.5 Å². The summed E-state index contributed by atoms with van der Waals surface area (Å²) in [5.41, 5.74) is 0. The molecule has 0 aromatic rings.